The van der Waals surface area contributed by atoms with E-state index in [9.17, 15) is 4.79 Å². The summed E-state index contributed by atoms with van der Waals surface area (Å²) >= 11 is 0. The molecule has 1 aromatic carbocycles. The summed E-state index contributed by atoms with van der Waals surface area (Å²) in [5.74, 6) is 0.773. The zero-order valence-electron chi connectivity index (χ0n) is 16.2. The lowest BCUT2D eigenvalue weighted by atomic mass is 10.0. The first-order valence-electron chi connectivity index (χ1n) is 9.87. The van der Waals surface area contributed by atoms with E-state index in [-0.39, 0.29) is 11.9 Å². The summed E-state index contributed by atoms with van der Waals surface area (Å²) in [5.41, 5.74) is 2.76. The van der Waals surface area contributed by atoms with E-state index < -0.39 is 0 Å². The van der Waals surface area contributed by atoms with E-state index in [1.807, 2.05) is 23.6 Å². The average molecular weight is 368 g/mol. The number of piperidine rings is 1. The van der Waals surface area contributed by atoms with Crippen LogP contribution in [-0.2, 0) is 13.1 Å². The molecule has 0 saturated carbocycles. The van der Waals surface area contributed by atoms with E-state index in [1.54, 1.807) is 0 Å². The van der Waals surface area contributed by atoms with E-state index >= 15 is 0 Å². The van der Waals surface area contributed by atoms with Gasteiger partial charge in [-0.3, -0.25) is 9.69 Å². The number of hydrogen-bond acceptors (Lipinski definition) is 4. The predicted molar refractivity (Wildman–Crippen MR) is 104 cm³/mol. The minimum absolute atomic E-state index is 0.0134. The molecule has 27 heavy (non-hydrogen) atoms. The maximum Gasteiger partial charge on any atom is 0.274 e. The second kappa shape index (κ2) is 7.72. The molecule has 2 aliphatic rings. The van der Waals surface area contributed by atoms with Gasteiger partial charge in [0, 0.05) is 51.3 Å². The molecule has 2 aliphatic heterocycles. The second-order valence-electron chi connectivity index (χ2n) is 7.61. The van der Waals surface area contributed by atoms with E-state index in [0.29, 0.717) is 12.3 Å². The van der Waals surface area contributed by atoms with Gasteiger partial charge in [-0.1, -0.05) is 30.3 Å². The Labute approximate surface area is 160 Å². The van der Waals surface area contributed by atoms with Gasteiger partial charge in [0.15, 0.2) is 5.69 Å². The molecule has 144 valence electrons. The Bertz CT molecular complexity index is 794. The molecule has 4 rings (SSSR count). The Morgan fingerprint density at radius 2 is 1.96 bits per heavy atom. The fraction of sp³-hybridized carbons (Fsp3) is 0.524. The van der Waals surface area contributed by atoms with E-state index in [4.69, 9.17) is 4.74 Å². The fourth-order valence-electron chi connectivity index (χ4n) is 4.10. The number of rotatable bonds is 4. The molecule has 0 N–H and O–H groups in total. The lowest BCUT2D eigenvalue weighted by molar-refractivity contribution is 0.0629. The predicted octanol–water partition coefficient (Wildman–Crippen LogP) is 2.71. The first kappa shape index (κ1) is 18.0. The van der Waals surface area contributed by atoms with Crippen LogP contribution in [0.5, 0.6) is 5.88 Å². The number of likely N-dealkylation sites (tertiary alicyclic amines) is 1. The molecule has 1 saturated heterocycles. The van der Waals surface area contributed by atoms with Crippen LogP contribution in [0.15, 0.2) is 30.3 Å². The van der Waals surface area contributed by atoms with Crippen molar-refractivity contribution in [1.29, 1.82) is 0 Å². The molecule has 0 spiro atoms. The van der Waals surface area contributed by atoms with Gasteiger partial charge in [-0.15, -0.1) is 0 Å². The minimum Gasteiger partial charge on any atom is -0.478 e. The molecule has 1 fully saturated rings. The van der Waals surface area contributed by atoms with Crippen LogP contribution in [0.1, 0.15) is 40.9 Å². The van der Waals surface area contributed by atoms with Crippen LogP contribution >= 0.6 is 0 Å². The third-order valence-corrected chi connectivity index (χ3v) is 5.76. The van der Waals surface area contributed by atoms with Crippen molar-refractivity contribution < 1.29 is 9.53 Å². The minimum atomic E-state index is 0.0134. The molecule has 3 heterocycles. The van der Waals surface area contributed by atoms with Crippen molar-refractivity contribution >= 4 is 5.91 Å². The number of carbonyl (C=O) groups is 1. The van der Waals surface area contributed by atoms with Crippen molar-refractivity contribution in [3.63, 3.8) is 0 Å². The number of nitrogens with zero attached hydrogens (tertiary/aromatic N) is 4. The van der Waals surface area contributed by atoms with Gasteiger partial charge in [0.05, 0.1) is 6.61 Å². The van der Waals surface area contributed by atoms with Gasteiger partial charge >= 0.3 is 0 Å². The maximum absolute atomic E-state index is 13.0. The molecule has 0 unspecified atom stereocenters. The lowest BCUT2D eigenvalue weighted by Crippen LogP contribution is -2.45. The SMILES string of the molecule is Cc1c(C(=O)N(C)C2CCN(Cc3ccccc3)CC2)nn2c1OCCC2. The third-order valence-electron chi connectivity index (χ3n) is 5.76. The van der Waals surface area contributed by atoms with Gasteiger partial charge in [-0.25, -0.2) is 4.68 Å². The summed E-state index contributed by atoms with van der Waals surface area (Å²) in [5, 5.41) is 4.53. The van der Waals surface area contributed by atoms with Crippen LogP contribution in [0.25, 0.3) is 0 Å². The highest BCUT2D eigenvalue weighted by atomic mass is 16.5. The zero-order valence-corrected chi connectivity index (χ0v) is 16.2. The van der Waals surface area contributed by atoms with Gasteiger partial charge in [0.1, 0.15) is 0 Å². The third kappa shape index (κ3) is 3.72. The van der Waals surface area contributed by atoms with Gasteiger partial charge in [-0.05, 0) is 25.3 Å². The van der Waals surface area contributed by atoms with Gasteiger partial charge in [0.25, 0.3) is 5.91 Å². The lowest BCUT2D eigenvalue weighted by Gasteiger charge is -2.36. The molecule has 1 aromatic heterocycles. The standard InChI is InChI=1S/C21H28N4O2/c1-16-19(22-25-11-6-14-27-21(16)25)20(26)23(2)18-9-12-24(13-10-18)15-17-7-4-3-5-8-17/h3-5,7-8,18H,6,9-15H2,1-2H3. The van der Waals surface area contributed by atoms with E-state index in [1.165, 1.54) is 5.56 Å². The van der Waals surface area contributed by atoms with Crippen LogP contribution in [0, 0.1) is 6.92 Å². The number of hydrogen-bond donors (Lipinski definition) is 0. The van der Waals surface area contributed by atoms with Crippen LogP contribution < -0.4 is 4.74 Å². The number of ether oxygens (including phenoxy) is 1. The first-order chi connectivity index (χ1) is 13.1. The Morgan fingerprint density at radius 1 is 1.22 bits per heavy atom. The number of fused-ring (bicyclic) bond motifs is 1. The summed E-state index contributed by atoms with van der Waals surface area (Å²) in [6.45, 7) is 6.47. The first-order valence-corrected chi connectivity index (χ1v) is 9.87. The Hall–Kier alpha value is -2.34. The summed E-state index contributed by atoms with van der Waals surface area (Å²) in [6.07, 6.45) is 2.94. The summed E-state index contributed by atoms with van der Waals surface area (Å²) in [4.78, 5) is 17.4. The van der Waals surface area contributed by atoms with Crippen LogP contribution in [0.4, 0.5) is 0 Å². The van der Waals surface area contributed by atoms with Crippen LogP contribution in [-0.4, -0.2) is 58.3 Å². The second-order valence-corrected chi connectivity index (χ2v) is 7.61. The van der Waals surface area contributed by atoms with Gasteiger partial charge in [-0.2, -0.15) is 5.10 Å². The van der Waals surface area contributed by atoms with Crippen LogP contribution in [0.3, 0.4) is 0 Å². The van der Waals surface area contributed by atoms with E-state index in [0.717, 1.165) is 56.9 Å². The molecular formula is C21H28N4O2. The number of benzene rings is 1. The highest BCUT2D eigenvalue weighted by molar-refractivity contribution is 5.94. The average Bonchev–Trinajstić information content (AvgIpc) is 3.05. The largest absolute Gasteiger partial charge is 0.478 e. The maximum atomic E-state index is 13.0. The van der Waals surface area contributed by atoms with Gasteiger partial charge in [0.2, 0.25) is 5.88 Å². The van der Waals surface area contributed by atoms with Crippen molar-refractivity contribution in [2.45, 2.75) is 45.3 Å². The zero-order chi connectivity index (χ0) is 18.8. The smallest absolute Gasteiger partial charge is 0.274 e. The normalized spacial score (nSPS) is 18.0. The quantitative estimate of drug-likeness (QED) is 0.833. The fourth-order valence-corrected chi connectivity index (χ4v) is 4.10. The molecule has 0 aliphatic carbocycles. The number of aryl methyl sites for hydroxylation is 1. The van der Waals surface area contributed by atoms with Crippen molar-refractivity contribution in [2.24, 2.45) is 0 Å². The topological polar surface area (TPSA) is 50.6 Å². The molecule has 2 aromatic rings. The van der Waals surface area contributed by atoms with E-state index in [2.05, 4.69) is 40.3 Å². The molecule has 0 radical (unpaired) electrons. The summed E-state index contributed by atoms with van der Waals surface area (Å²) < 4.78 is 7.54. The molecule has 6 heteroatoms. The number of amides is 1. The van der Waals surface area contributed by atoms with Crippen LogP contribution in [0.2, 0.25) is 0 Å². The summed E-state index contributed by atoms with van der Waals surface area (Å²) in [6, 6.07) is 10.8. The van der Waals surface area contributed by atoms with Crippen molar-refractivity contribution in [3.05, 3.63) is 47.2 Å². The number of carbonyl (C=O) groups excluding carboxylic acids is 1. The molecule has 1 amide bonds. The monoisotopic (exact) mass is 368 g/mol. The molecular weight excluding hydrogens is 340 g/mol. The van der Waals surface area contributed by atoms with Crippen molar-refractivity contribution in [1.82, 2.24) is 19.6 Å². The highest BCUT2D eigenvalue weighted by Crippen LogP contribution is 2.27. The highest BCUT2D eigenvalue weighted by Gasteiger charge is 2.30. The van der Waals surface area contributed by atoms with Crippen molar-refractivity contribution in [3.8, 4) is 5.88 Å². The number of aromatic nitrogens is 2. The van der Waals surface area contributed by atoms with Crippen molar-refractivity contribution in [2.75, 3.05) is 26.7 Å². The summed E-state index contributed by atoms with van der Waals surface area (Å²) in [7, 11) is 1.92. The Kier molecular flexibility index (Phi) is 5.16. The Morgan fingerprint density at radius 3 is 2.67 bits per heavy atom. The van der Waals surface area contributed by atoms with Gasteiger partial charge < -0.3 is 9.64 Å². The molecule has 0 bridgehead atoms. The Balaban J connectivity index is 1.37. The molecule has 0 atom stereocenters. The molecule has 6 nitrogen and oxygen atoms in total.